The molecule has 0 aliphatic rings. The second-order valence-electron chi connectivity index (χ2n) is 6.58. The predicted octanol–water partition coefficient (Wildman–Crippen LogP) is 5.15. The molecule has 1 rings (SSSR count). The molecule has 2 nitrogen and oxygen atoms in total. The van der Waals surface area contributed by atoms with Gasteiger partial charge in [0, 0.05) is 0 Å². The molecule has 0 N–H and O–H groups in total. The molecule has 0 atom stereocenters. The molecule has 0 saturated heterocycles. The van der Waals surface area contributed by atoms with Crippen molar-refractivity contribution in [1.29, 1.82) is 0 Å². The molecule has 1 aromatic heterocycles. The van der Waals surface area contributed by atoms with Crippen LogP contribution >= 0.6 is 0 Å². The Morgan fingerprint density at radius 3 is 1.71 bits per heavy atom. The van der Waals surface area contributed by atoms with Crippen molar-refractivity contribution in [3.8, 4) is 0 Å². The van der Waals surface area contributed by atoms with Crippen LogP contribution in [-0.4, -0.2) is 28.6 Å². The Morgan fingerprint density at radius 2 is 1.29 bits per heavy atom. The number of nitrogens with zero attached hydrogens (tertiary/aromatic N) is 2. The van der Waals surface area contributed by atoms with Crippen molar-refractivity contribution in [3.05, 3.63) is 17.5 Å². The number of aromatic nitrogens is 2. The first kappa shape index (κ1) is 18.9. The standard InChI is InChI=1S/C6H7N2.3C4H9.Sn/c1-5-3-4-6(2)8-7-5;3*1-3-4-2;/h3H,1-2H3;3*1,3-4H2,2H3;. The quantitative estimate of drug-likeness (QED) is 0.511. The summed E-state index contributed by atoms with van der Waals surface area (Å²) in [6.45, 7) is 11.3. The topological polar surface area (TPSA) is 25.8 Å². The molecule has 3 heteroatoms. The van der Waals surface area contributed by atoms with Crippen LogP contribution in [-0.2, 0) is 0 Å². The summed E-state index contributed by atoms with van der Waals surface area (Å²) in [5.74, 6) is 0. The molecule has 0 spiro atoms. The van der Waals surface area contributed by atoms with Crippen molar-refractivity contribution in [3.63, 3.8) is 0 Å². The van der Waals surface area contributed by atoms with Crippen LogP contribution in [0.15, 0.2) is 6.07 Å². The third-order valence-corrected chi connectivity index (χ3v) is 20.6. The molecule has 0 aliphatic carbocycles. The van der Waals surface area contributed by atoms with Crippen LogP contribution in [0.1, 0.15) is 70.7 Å². The summed E-state index contributed by atoms with van der Waals surface area (Å²) in [5.41, 5.74) is 2.35. The van der Waals surface area contributed by atoms with Gasteiger partial charge in [-0.25, -0.2) is 0 Å². The van der Waals surface area contributed by atoms with E-state index in [0.29, 0.717) is 0 Å². The molecule has 1 heterocycles. The Bertz CT molecular complexity index is 396. The molecule has 0 bridgehead atoms. The molecule has 21 heavy (non-hydrogen) atoms. The molecule has 0 fully saturated rings. The van der Waals surface area contributed by atoms with Gasteiger partial charge in [-0.1, -0.05) is 0 Å². The summed E-state index contributed by atoms with van der Waals surface area (Å²) >= 11 is -2.30. The Kier molecular flexibility index (Phi) is 8.84. The van der Waals surface area contributed by atoms with E-state index in [2.05, 4.69) is 50.9 Å². The maximum absolute atomic E-state index is 4.47. The number of unbranched alkanes of at least 4 members (excludes halogenated alkanes) is 3. The van der Waals surface area contributed by atoms with E-state index in [1.54, 1.807) is 3.58 Å². The number of hydrogen-bond acceptors (Lipinski definition) is 2. The summed E-state index contributed by atoms with van der Waals surface area (Å²) < 4.78 is 6.22. The zero-order valence-corrected chi connectivity index (χ0v) is 17.7. The Balaban J connectivity index is 3.19. The van der Waals surface area contributed by atoms with E-state index in [4.69, 9.17) is 0 Å². The van der Waals surface area contributed by atoms with Gasteiger partial charge in [0.05, 0.1) is 0 Å². The molecule has 0 amide bonds. The van der Waals surface area contributed by atoms with Crippen molar-refractivity contribution in [2.75, 3.05) is 0 Å². The zero-order valence-electron chi connectivity index (χ0n) is 14.8. The second kappa shape index (κ2) is 9.81. The van der Waals surface area contributed by atoms with Gasteiger partial charge in [-0.2, -0.15) is 0 Å². The molecule has 0 radical (unpaired) electrons. The van der Waals surface area contributed by atoms with Gasteiger partial charge in [0.1, 0.15) is 0 Å². The average Bonchev–Trinajstić information content (AvgIpc) is 2.49. The van der Waals surface area contributed by atoms with Crippen LogP contribution in [0.25, 0.3) is 0 Å². The second-order valence-corrected chi connectivity index (χ2v) is 19.7. The fourth-order valence-corrected chi connectivity index (χ4v) is 20.5. The van der Waals surface area contributed by atoms with Gasteiger partial charge in [0.15, 0.2) is 0 Å². The summed E-state index contributed by atoms with van der Waals surface area (Å²) in [6.07, 6.45) is 8.20. The van der Waals surface area contributed by atoms with Gasteiger partial charge >= 0.3 is 136 Å². The van der Waals surface area contributed by atoms with Crippen LogP contribution in [0.2, 0.25) is 13.3 Å². The van der Waals surface area contributed by atoms with Crippen molar-refractivity contribution in [2.24, 2.45) is 0 Å². The molecule has 0 saturated carbocycles. The van der Waals surface area contributed by atoms with Crippen LogP contribution in [0.5, 0.6) is 0 Å². The number of aryl methyl sites for hydroxylation is 2. The minimum absolute atomic E-state index is 1.11. The maximum atomic E-state index is 4.47. The number of rotatable bonds is 10. The van der Waals surface area contributed by atoms with E-state index >= 15 is 0 Å². The molecule has 0 aliphatic heterocycles. The molecule has 1 aromatic rings. The molecule has 0 aromatic carbocycles. The van der Waals surface area contributed by atoms with Gasteiger partial charge in [0.2, 0.25) is 0 Å². The normalized spacial score (nSPS) is 11.9. The first-order chi connectivity index (χ1) is 10.1. The molecular weight excluding hydrogens is 363 g/mol. The van der Waals surface area contributed by atoms with E-state index in [9.17, 15) is 0 Å². The van der Waals surface area contributed by atoms with E-state index in [1.165, 1.54) is 57.5 Å². The van der Waals surface area contributed by atoms with Crippen LogP contribution in [0, 0.1) is 13.8 Å². The fourth-order valence-electron chi connectivity index (χ4n) is 3.41. The molecule has 120 valence electrons. The monoisotopic (exact) mass is 398 g/mol. The summed E-state index contributed by atoms with van der Waals surface area (Å²) in [5, 5.41) is 8.75. The van der Waals surface area contributed by atoms with Gasteiger partial charge in [-0.05, 0) is 0 Å². The van der Waals surface area contributed by atoms with Gasteiger partial charge < -0.3 is 0 Å². The molecular formula is C18H34N2Sn. The molecule has 0 unspecified atom stereocenters. The summed E-state index contributed by atoms with van der Waals surface area (Å²) in [7, 11) is 0. The van der Waals surface area contributed by atoms with E-state index < -0.39 is 18.4 Å². The third kappa shape index (κ3) is 5.54. The van der Waals surface area contributed by atoms with Crippen molar-refractivity contribution >= 4 is 22.0 Å². The summed E-state index contributed by atoms with van der Waals surface area (Å²) in [4.78, 5) is 0. The Morgan fingerprint density at radius 1 is 0.810 bits per heavy atom. The SMILES string of the molecule is CCC[CH2][Sn]([CH2]CCC)([CH2]CCC)[c]1cc(C)nnc1C. The predicted molar refractivity (Wildman–Crippen MR) is 96.0 cm³/mol. The zero-order chi connectivity index (χ0) is 15.7. The van der Waals surface area contributed by atoms with E-state index in [-0.39, 0.29) is 0 Å². The van der Waals surface area contributed by atoms with Crippen LogP contribution < -0.4 is 3.58 Å². The Hall–Kier alpha value is -0.121. The van der Waals surface area contributed by atoms with Crippen molar-refractivity contribution < 1.29 is 0 Å². The van der Waals surface area contributed by atoms with Crippen molar-refractivity contribution in [2.45, 2.75) is 86.5 Å². The number of hydrogen-bond donors (Lipinski definition) is 0. The third-order valence-electron chi connectivity index (χ3n) is 4.70. The Labute approximate surface area is 136 Å². The van der Waals surface area contributed by atoms with E-state index in [0.717, 1.165) is 5.69 Å². The first-order valence-corrected chi connectivity index (χ1v) is 16.4. The summed E-state index contributed by atoms with van der Waals surface area (Å²) in [6, 6.07) is 2.40. The first-order valence-electron chi connectivity index (χ1n) is 8.91. The van der Waals surface area contributed by atoms with Crippen LogP contribution in [0.4, 0.5) is 0 Å². The fraction of sp³-hybridized carbons (Fsp3) is 0.778. The van der Waals surface area contributed by atoms with Gasteiger partial charge in [0.25, 0.3) is 0 Å². The van der Waals surface area contributed by atoms with Gasteiger partial charge in [-0.3, -0.25) is 0 Å². The minimum atomic E-state index is -2.30. The van der Waals surface area contributed by atoms with E-state index in [1.807, 2.05) is 0 Å². The van der Waals surface area contributed by atoms with Gasteiger partial charge in [-0.15, -0.1) is 0 Å². The average molecular weight is 397 g/mol. The van der Waals surface area contributed by atoms with Crippen LogP contribution in [0.3, 0.4) is 0 Å². The van der Waals surface area contributed by atoms with Crippen molar-refractivity contribution in [1.82, 2.24) is 10.2 Å².